The maximum absolute atomic E-state index is 12.5. The number of nitrogens with one attached hydrogen (secondary N) is 1. The summed E-state index contributed by atoms with van der Waals surface area (Å²) < 4.78 is 32.5. The van der Waals surface area contributed by atoms with E-state index >= 15 is 0 Å². The van der Waals surface area contributed by atoms with Gasteiger partial charge in [0.25, 0.3) is 15.9 Å². The Balaban J connectivity index is 2.37. The average Bonchev–Trinajstić information content (AvgIpc) is 2.46. The second-order valence-corrected chi connectivity index (χ2v) is 6.71. The first-order chi connectivity index (χ1) is 10.8. The first-order valence-corrected chi connectivity index (χ1v) is 8.30. The van der Waals surface area contributed by atoms with Gasteiger partial charge >= 0.3 is 0 Å². The molecule has 0 bridgehead atoms. The topological polar surface area (TPSA) is 111 Å². The number of nitrogens with two attached hydrogens (primary N) is 1. The van der Waals surface area contributed by atoms with E-state index < -0.39 is 15.9 Å². The predicted molar refractivity (Wildman–Crippen MR) is 85.9 cm³/mol. The number of hydrogen-bond donors (Lipinski definition) is 2. The standard InChI is InChI=1S/C14H14ClN3O4S/c1-9-5-11(15)13(6-12(9)22-8-14(16)19)23(20,21)18-10-3-2-4-17-7-10/h2-7,18H,8H2,1H3,(H2,16,19). The number of primary amides is 1. The van der Waals surface area contributed by atoms with Crippen LogP contribution in [0.4, 0.5) is 5.69 Å². The average molecular weight is 356 g/mol. The Morgan fingerprint density at radius 1 is 1.43 bits per heavy atom. The van der Waals surface area contributed by atoms with E-state index in [1.54, 1.807) is 19.1 Å². The second kappa shape index (κ2) is 6.84. The molecule has 3 N–H and O–H groups in total. The molecule has 0 aliphatic rings. The molecule has 2 aromatic rings. The summed E-state index contributed by atoms with van der Waals surface area (Å²) in [6, 6.07) is 5.84. The number of anilines is 1. The van der Waals surface area contributed by atoms with Crippen LogP contribution < -0.4 is 15.2 Å². The lowest BCUT2D eigenvalue weighted by atomic mass is 10.2. The highest BCUT2D eigenvalue weighted by Crippen LogP contribution is 2.31. The Morgan fingerprint density at radius 3 is 2.78 bits per heavy atom. The minimum Gasteiger partial charge on any atom is -0.483 e. The SMILES string of the molecule is Cc1cc(Cl)c(S(=O)(=O)Nc2cccnc2)cc1OCC(N)=O. The summed E-state index contributed by atoms with van der Waals surface area (Å²) in [6.45, 7) is 1.31. The summed E-state index contributed by atoms with van der Waals surface area (Å²) in [7, 11) is -3.94. The number of benzene rings is 1. The van der Waals surface area contributed by atoms with E-state index in [1.807, 2.05) is 0 Å². The Kier molecular flexibility index (Phi) is 5.07. The molecule has 1 aromatic carbocycles. The van der Waals surface area contributed by atoms with Gasteiger partial charge in [-0.1, -0.05) is 11.6 Å². The number of amides is 1. The van der Waals surface area contributed by atoms with Gasteiger partial charge in [-0.2, -0.15) is 0 Å². The fourth-order valence-electron chi connectivity index (χ4n) is 1.78. The molecule has 122 valence electrons. The van der Waals surface area contributed by atoms with Crippen LogP contribution in [-0.2, 0) is 14.8 Å². The van der Waals surface area contributed by atoms with E-state index in [-0.39, 0.29) is 22.3 Å². The van der Waals surface area contributed by atoms with Gasteiger partial charge < -0.3 is 10.5 Å². The van der Waals surface area contributed by atoms with Crippen molar-refractivity contribution in [2.45, 2.75) is 11.8 Å². The monoisotopic (exact) mass is 355 g/mol. The van der Waals surface area contributed by atoms with E-state index in [0.717, 1.165) is 0 Å². The second-order valence-electron chi connectivity index (χ2n) is 4.65. The number of nitrogens with zero attached hydrogens (tertiary/aromatic N) is 1. The van der Waals surface area contributed by atoms with Crippen LogP contribution in [0.5, 0.6) is 5.75 Å². The molecule has 1 heterocycles. The van der Waals surface area contributed by atoms with Crippen LogP contribution >= 0.6 is 11.6 Å². The van der Waals surface area contributed by atoms with Crippen molar-refractivity contribution in [3.63, 3.8) is 0 Å². The molecule has 0 radical (unpaired) electrons. The van der Waals surface area contributed by atoms with Crippen molar-refractivity contribution in [3.8, 4) is 5.75 Å². The quantitative estimate of drug-likeness (QED) is 0.819. The van der Waals surface area contributed by atoms with Gasteiger partial charge in [-0.3, -0.25) is 14.5 Å². The van der Waals surface area contributed by atoms with Crippen LogP contribution in [0.15, 0.2) is 41.6 Å². The third-order valence-electron chi connectivity index (χ3n) is 2.80. The molecule has 0 saturated carbocycles. The molecule has 0 saturated heterocycles. The number of sulfonamides is 1. The zero-order chi connectivity index (χ0) is 17.0. The Morgan fingerprint density at radius 2 is 2.17 bits per heavy atom. The molecular weight excluding hydrogens is 342 g/mol. The van der Waals surface area contributed by atoms with Crippen LogP contribution in [-0.4, -0.2) is 25.9 Å². The zero-order valence-corrected chi connectivity index (χ0v) is 13.7. The van der Waals surface area contributed by atoms with Crippen molar-refractivity contribution in [2.24, 2.45) is 5.73 Å². The van der Waals surface area contributed by atoms with Crippen LogP contribution in [0.3, 0.4) is 0 Å². The van der Waals surface area contributed by atoms with Crippen LogP contribution in [0.1, 0.15) is 5.56 Å². The minimum atomic E-state index is -3.94. The van der Waals surface area contributed by atoms with Gasteiger partial charge in [0.1, 0.15) is 10.6 Å². The number of rotatable bonds is 6. The van der Waals surface area contributed by atoms with Crippen molar-refractivity contribution >= 4 is 33.2 Å². The molecule has 7 nitrogen and oxygen atoms in total. The van der Waals surface area contributed by atoms with E-state index in [2.05, 4.69) is 9.71 Å². The lowest BCUT2D eigenvalue weighted by Gasteiger charge is -2.13. The van der Waals surface area contributed by atoms with Gasteiger partial charge in [0.2, 0.25) is 0 Å². The number of ether oxygens (including phenoxy) is 1. The van der Waals surface area contributed by atoms with E-state index in [9.17, 15) is 13.2 Å². The van der Waals surface area contributed by atoms with Gasteiger partial charge in [-0.25, -0.2) is 8.42 Å². The Bertz CT molecular complexity index is 825. The van der Waals surface area contributed by atoms with E-state index in [1.165, 1.54) is 24.5 Å². The summed E-state index contributed by atoms with van der Waals surface area (Å²) in [5.41, 5.74) is 5.89. The normalized spacial score (nSPS) is 11.0. The summed E-state index contributed by atoms with van der Waals surface area (Å²) in [4.78, 5) is 14.5. The van der Waals surface area contributed by atoms with E-state index in [0.29, 0.717) is 11.3 Å². The van der Waals surface area contributed by atoms with Crippen LogP contribution in [0.2, 0.25) is 5.02 Å². The highest BCUT2D eigenvalue weighted by Gasteiger charge is 2.21. The number of pyridine rings is 1. The van der Waals surface area contributed by atoms with Gasteiger partial charge in [0, 0.05) is 12.3 Å². The van der Waals surface area contributed by atoms with E-state index in [4.69, 9.17) is 22.1 Å². The molecular formula is C14H14ClN3O4S. The highest BCUT2D eigenvalue weighted by atomic mass is 35.5. The van der Waals surface area contributed by atoms with Crippen molar-refractivity contribution in [1.82, 2.24) is 4.98 Å². The molecule has 0 aliphatic carbocycles. The molecule has 23 heavy (non-hydrogen) atoms. The third kappa shape index (κ3) is 4.33. The van der Waals surface area contributed by atoms with Gasteiger partial charge in [0.15, 0.2) is 6.61 Å². The summed E-state index contributed by atoms with van der Waals surface area (Å²) in [5, 5.41) is 0.0327. The third-order valence-corrected chi connectivity index (χ3v) is 4.65. The molecule has 1 aromatic heterocycles. The molecule has 9 heteroatoms. The number of halogens is 1. The van der Waals surface area contributed by atoms with Gasteiger partial charge in [-0.05, 0) is 30.7 Å². The number of aromatic nitrogens is 1. The molecule has 2 rings (SSSR count). The fourth-order valence-corrected chi connectivity index (χ4v) is 3.42. The lowest BCUT2D eigenvalue weighted by Crippen LogP contribution is -2.20. The largest absolute Gasteiger partial charge is 0.483 e. The number of hydrogen-bond acceptors (Lipinski definition) is 5. The van der Waals surface area contributed by atoms with Crippen molar-refractivity contribution in [1.29, 1.82) is 0 Å². The first kappa shape index (κ1) is 17.0. The predicted octanol–water partition coefficient (Wildman–Crippen LogP) is 1.71. The summed E-state index contributed by atoms with van der Waals surface area (Å²) in [6.07, 6.45) is 2.89. The number of aryl methyl sites for hydroxylation is 1. The van der Waals surface area contributed by atoms with Gasteiger partial charge in [0.05, 0.1) is 16.9 Å². The molecule has 0 fully saturated rings. The highest BCUT2D eigenvalue weighted by molar-refractivity contribution is 7.92. The van der Waals surface area contributed by atoms with Crippen LogP contribution in [0, 0.1) is 6.92 Å². The molecule has 0 unspecified atom stereocenters. The Labute approximate surface area is 138 Å². The van der Waals surface area contributed by atoms with Crippen molar-refractivity contribution in [3.05, 3.63) is 47.2 Å². The zero-order valence-electron chi connectivity index (χ0n) is 12.1. The lowest BCUT2D eigenvalue weighted by molar-refractivity contribution is -0.119. The fraction of sp³-hybridized carbons (Fsp3) is 0.143. The summed E-state index contributed by atoms with van der Waals surface area (Å²) in [5.74, 6) is -0.461. The summed E-state index contributed by atoms with van der Waals surface area (Å²) >= 11 is 6.03. The Hall–Kier alpha value is -2.32. The minimum absolute atomic E-state index is 0.0327. The number of carbonyl (C=O) groups is 1. The smallest absolute Gasteiger partial charge is 0.263 e. The maximum Gasteiger partial charge on any atom is 0.263 e. The number of carbonyl (C=O) groups excluding carboxylic acids is 1. The molecule has 0 aliphatic heterocycles. The van der Waals surface area contributed by atoms with Gasteiger partial charge in [-0.15, -0.1) is 0 Å². The maximum atomic E-state index is 12.5. The van der Waals surface area contributed by atoms with Crippen molar-refractivity contribution in [2.75, 3.05) is 11.3 Å². The molecule has 0 atom stereocenters. The van der Waals surface area contributed by atoms with Crippen LogP contribution in [0.25, 0.3) is 0 Å². The molecule has 1 amide bonds. The van der Waals surface area contributed by atoms with Crippen molar-refractivity contribution < 1.29 is 17.9 Å². The first-order valence-electron chi connectivity index (χ1n) is 6.43. The molecule has 0 spiro atoms.